The van der Waals surface area contributed by atoms with E-state index in [4.69, 9.17) is 27.9 Å². The van der Waals surface area contributed by atoms with Crippen molar-refractivity contribution in [2.75, 3.05) is 6.66 Å². The van der Waals surface area contributed by atoms with Gasteiger partial charge in [-0.2, -0.15) is 0 Å². The maximum atomic E-state index is 6.15. The molecule has 0 saturated heterocycles. The Morgan fingerprint density at radius 3 is 2.31 bits per heavy atom. The number of thiol groups is 1. The molecular weight excluding hydrogens is 279 g/mol. The minimum atomic E-state index is -2.03. The average molecular weight is 295 g/mol. The maximum absolute atomic E-state index is 6.15. The third kappa shape index (κ3) is 4.29. The number of rotatable bonds is 2. The van der Waals surface area contributed by atoms with E-state index in [2.05, 4.69) is 33.0 Å². The van der Waals surface area contributed by atoms with E-state index >= 15 is 0 Å². The number of hydrogen-bond donors (Lipinski definition) is 1. The fraction of sp³-hybridized carbons (Fsp3) is 0.455. The van der Waals surface area contributed by atoms with Crippen molar-refractivity contribution >= 4 is 41.1 Å². The van der Waals surface area contributed by atoms with Crippen LogP contribution in [0.4, 0.5) is 0 Å². The Bertz CT molecular complexity index is 434. The molecule has 0 bridgehead atoms. The Labute approximate surface area is 113 Å². The zero-order chi connectivity index (χ0) is 12.6. The van der Waals surface area contributed by atoms with E-state index in [-0.39, 0.29) is 5.41 Å². The van der Waals surface area contributed by atoms with Crippen LogP contribution in [-0.2, 0) is 17.2 Å². The second-order valence-corrected chi connectivity index (χ2v) is 12.2. The van der Waals surface area contributed by atoms with Gasteiger partial charge >= 0.3 is 0 Å². The van der Waals surface area contributed by atoms with Crippen molar-refractivity contribution in [1.82, 2.24) is 0 Å². The Kier molecular flexibility index (Phi) is 4.40. The fourth-order valence-electron chi connectivity index (χ4n) is 1.22. The first-order valence-electron chi connectivity index (χ1n) is 4.89. The molecule has 90 valence electrons. The lowest BCUT2D eigenvalue weighted by molar-refractivity contribution is 0.585. The molecule has 0 fully saturated rings. The van der Waals surface area contributed by atoms with Gasteiger partial charge in [-0.05, 0) is 34.9 Å². The molecule has 0 spiro atoms. The van der Waals surface area contributed by atoms with E-state index in [1.165, 1.54) is 5.56 Å². The predicted molar refractivity (Wildman–Crippen MR) is 80.0 cm³/mol. The quantitative estimate of drug-likeness (QED) is 0.614. The molecule has 1 aromatic rings. The highest BCUT2D eigenvalue weighted by Crippen LogP contribution is 2.49. The summed E-state index contributed by atoms with van der Waals surface area (Å²) in [7, 11) is 0. The molecule has 0 aliphatic rings. The molecule has 1 atom stereocenters. The Hall–Kier alpha value is 0.310. The van der Waals surface area contributed by atoms with Crippen LogP contribution in [0.25, 0.3) is 0 Å². The van der Waals surface area contributed by atoms with Crippen LogP contribution in [0.3, 0.4) is 0 Å². The normalized spacial score (nSPS) is 15.6. The van der Waals surface area contributed by atoms with Crippen LogP contribution in [-0.4, -0.2) is 6.66 Å². The zero-order valence-corrected chi connectivity index (χ0v) is 13.2. The summed E-state index contributed by atoms with van der Waals surface area (Å²) in [6.07, 6.45) is 0. The molecule has 0 aliphatic carbocycles. The van der Waals surface area contributed by atoms with Crippen LogP contribution in [0.5, 0.6) is 5.75 Å². The third-order valence-corrected chi connectivity index (χ3v) is 3.37. The van der Waals surface area contributed by atoms with E-state index in [0.29, 0.717) is 10.8 Å². The SMILES string of the molecule is CC(C)(C)c1ccc(OP(C)(=S)S)c(Cl)c1. The predicted octanol–water partition coefficient (Wildman–Crippen LogP) is 4.89. The topological polar surface area (TPSA) is 9.23 Å². The Balaban J connectivity index is 3.06. The maximum Gasteiger partial charge on any atom is 0.162 e. The van der Waals surface area contributed by atoms with Gasteiger partial charge in [0, 0.05) is 6.66 Å². The fourth-order valence-corrected chi connectivity index (χ4v) is 2.53. The van der Waals surface area contributed by atoms with E-state index in [0.717, 1.165) is 0 Å². The molecule has 0 amide bonds. The van der Waals surface area contributed by atoms with Crippen molar-refractivity contribution in [2.24, 2.45) is 0 Å². The van der Waals surface area contributed by atoms with Gasteiger partial charge in [0.15, 0.2) is 5.47 Å². The van der Waals surface area contributed by atoms with Crippen molar-refractivity contribution in [3.63, 3.8) is 0 Å². The average Bonchev–Trinajstić information content (AvgIpc) is 2.04. The first-order chi connectivity index (χ1) is 7.09. The lowest BCUT2D eigenvalue weighted by atomic mass is 9.87. The Morgan fingerprint density at radius 1 is 1.38 bits per heavy atom. The monoisotopic (exact) mass is 294 g/mol. The zero-order valence-electron chi connectivity index (χ0n) is 9.82. The van der Waals surface area contributed by atoms with Crippen molar-refractivity contribution in [2.45, 2.75) is 26.2 Å². The molecule has 1 rings (SSSR count). The van der Waals surface area contributed by atoms with Gasteiger partial charge in [0.1, 0.15) is 5.75 Å². The van der Waals surface area contributed by atoms with Crippen LogP contribution in [0.15, 0.2) is 18.2 Å². The van der Waals surface area contributed by atoms with Crippen LogP contribution < -0.4 is 4.52 Å². The van der Waals surface area contributed by atoms with Crippen molar-refractivity contribution in [1.29, 1.82) is 0 Å². The summed E-state index contributed by atoms with van der Waals surface area (Å²) in [5, 5.41) is 0.595. The molecular formula is C11H16ClOPS2. The molecule has 0 N–H and O–H groups in total. The summed E-state index contributed by atoms with van der Waals surface area (Å²) in [4.78, 5) is 0. The highest BCUT2D eigenvalue weighted by atomic mass is 35.5. The second-order valence-electron chi connectivity index (χ2n) is 4.79. The van der Waals surface area contributed by atoms with Crippen LogP contribution in [0.2, 0.25) is 5.02 Å². The van der Waals surface area contributed by atoms with Crippen molar-refractivity contribution in [3.05, 3.63) is 28.8 Å². The molecule has 0 aromatic heterocycles. The van der Waals surface area contributed by atoms with Gasteiger partial charge in [-0.3, -0.25) is 0 Å². The second kappa shape index (κ2) is 4.89. The van der Waals surface area contributed by atoms with Crippen molar-refractivity contribution in [3.8, 4) is 5.75 Å². The van der Waals surface area contributed by atoms with Gasteiger partial charge in [-0.25, -0.2) is 0 Å². The molecule has 0 aliphatic heterocycles. The molecule has 1 unspecified atom stereocenters. The molecule has 5 heteroatoms. The molecule has 1 nitrogen and oxygen atoms in total. The third-order valence-electron chi connectivity index (χ3n) is 2.07. The standard InChI is InChI=1S/C11H16ClOPS2/c1-11(2,3)8-5-6-10(9(12)7-8)13-14(4,15)16/h5-7H,1-4H3,(H,15,16). The lowest BCUT2D eigenvalue weighted by Crippen LogP contribution is -2.10. The van der Waals surface area contributed by atoms with Gasteiger partial charge < -0.3 is 4.52 Å². The van der Waals surface area contributed by atoms with E-state index in [9.17, 15) is 0 Å². The van der Waals surface area contributed by atoms with E-state index in [1.807, 2.05) is 18.2 Å². The van der Waals surface area contributed by atoms with Crippen LogP contribution in [0.1, 0.15) is 26.3 Å². The summed E-state index contributed by atoms with van der Waals surface area (Å²) < 4.78 is 5.56. The number of halogens is 1. The summed E-state index contributed by atoms with van der Waals surface area (Å²) in [6, 6.07) is 5.80. The molecule has 0 saturated carbocycles. The first-order valence-corrected chi connectivity index (χ1v) is 9.59. The van der Waals surface area contributed by atoms with Gasteiger partial charge in [0.05, 0.1) is 5.02 Å². The van der Waals surface area contributed by atoms with Crippen molar-refractivity contribution < 1.29 is 4.52 Å². The van der Waals surface area contributed by atoms with Gasteiger partial charge in [-0.1, -0.05) is 38.4 Å². The molecule has 16 heavy (non-hydrogen) atoms. The highest BCUT2D eigenvalue weighted by molar-refractivity contribution is 8.61. The minimum absolute atomic E-state index is 0.0789. The first kappa shape index (κ1) is 14.4. The summed E-state index contributed by atoms with van der Waals surface area (Å²) in [6.45, 7) is 8.23. The van der Waals surface area contributed by atoms with Gasteiger partial charge in [-0.15, -0.1) is 12.2 Å². The number of benzene rings is 1. The summed E-state index contributed by atoms with van der Waals surface area (Å²) in [5.41, 5.74) is -0.774. The van der Waals surface area contributed by atoms with Gasteiger partial charge in [0.2, 0.25) is 0 Å². The van der Waals surface area contributed by atoms with E-state index < -0.39 is 5.47 Å². The van der Waals surface area contributed by atoms with Gasteiger partial charge in [0.25, 0.3) is 0 Å². The smallest absolute Gasteiger partial charge is 0.162 e. The van der Waals surface area contributed by atoms with E-state index in [1.54, 1.807) is 6.66 Å². The van der Waals surface area contributed by atoms with Crippen LogP contribution in [0, 0.1) is 0 Å². The lowest BCUT2D eigenvalue weighted by Gasteiger charge is -2.21. The number of hydrogen-bond acceptors (Lipinski definition) is 2. The Morgan fingerprint density at radius 2 is 1.94 bits per heavy atom. The largest absolute Gasteiger partial charge is 0.456 e. The molecule has 0 heterocycles. The minimum Gasteiger partial charge on any atom is -0.456 e. The highest BCUT2D eigenvalue weighted by Gasteiger charge is 2.16. The molecule has 1 aromatic carbocycles. The summed E-state index contributed by atoms with van der Waals surface area (Å²) >= 11 is 15.5. The van der Waals surface area contributed by atoms with Crippen LogP contribution >= 0.6 is 29.3 Å². The summed E-state index contributed by atoms with van der Waals surface area (Å²) in [5.74, 6) is 0.621. The molecule has 0 radical (unpaired) electrons.